The molecule has 2 heterocycles. The third kappa shape index (κ3) is 4.23. The second-order valence-electron chi connectivity index (χ2n) is 5.72. The molecule has 134 valence electrons. The molecule has 0 aliphatic carbocycles. The molecule has 2 aromatic rings. The van der Waals surface area contributed by atoms with Gasteiger partial charge in [0.1, 0.15) is 12.3 Å². The number of carbonyl (C=O) groups is 3. The third-order valence-corrected chi connectivity index (χ3v) is 4.81. The lowest BCUT2D eigenvalue weighted by Gasteiger charge is -2.11. The van der Waals surface area contributed by atoms with Crippen LogP contribution in [0.25, 0.3) is 6.08 Å². The molecule has 1 aromatic heterocycles. The van der Waals surface area contributed by atoms with Crippen molar-refractivity contribution in [3.05, 3.63) is 64.5 Å². The van der Waals surface area contributed by atoms with Crippen LogP contribution in [-0.4, -0.2) is 28.5 Å². The smallest absolute Gasteiger partial charge is 0.294 e. The van der Waals surface area contributed by atoms with Crippen molar-refractivity contribution in [1.82, 2.24) is 10.2 Å². The Bertz CT molecular complexity index is 841. The van der Waals surface area contributed by atoms with Crippen LogP contribution in [0, 0.1) is 0 Å². The van der Waals surface area contributed by atoms with E-state index < -0.39 is 17.1 Å². The third-order valence-electron chi connectivity index (χ3n) is 3.90. The maximum absolute atomic E-state index is 12.4. The van der Waals surface area contributed by atoms with Crippen molar-refractivity contribution in [2.24, 2.45) is 0 Å². The fraction of sp³-hybridized carbons (Fsp3) is 0.211. The van der Waals surface area contributed by atoms with E-state index >= 15 is 0 Å². The lowest BCUT2D eigenvalue weighted by molar-refractivity contribution is -0.129. The number of hydrogen-bond acceptors (Lipinski definition) is 5. The summed E-state index contributed by atoms with van der Waals surface area (Å²) in [4.78, 5) is 37.8. The van der Waals surface area contributed by atoms with Gasteiger partial charge in [-0.1, -0.05) is 31.2 Å². The standard InChI is InChI=1S/C19H18N2O4S/c1-2-13-5-7-14(8-6-13)10-16-18(23)21(19(24)26-16)12-17(22)20-11-15-4-3-9-25-15/h3-10H,2,11-12H2,1H3,(H,20,22)/b16-10-. The van der Waals surface area contributed by atoms with Crippen LogP contribution in [0.1, 0.15) is 23.8 Å². The van der Waals surface area contributed by atoms with Crippen LogP contribution in [0.15, 0.2) is 52.0 Å². The normalized spacial score (nSPS) is 15.7. The van der Waals surface area contributed by atoms with Gasteiger partial charge in [-0.15, -0.1) is 0 Å². The number of rotatable bonds is 6. The van der Waals surface area contributed by atoms with Crippen molar-refractivity contribution in [1.29, 1.82) is 0 Å². The van der Waals surface area contributed by atoms with Gasteiger partial charge in [0, 0.05) is 0 Å². The number of nitrogens with zero attached hydrogens (tertiary/aromatic N) is 1. The Hall–Kier alpha value is -2.80. The average Bonchev–Trinajstić information content (AvgIpc) is 3.25. The van der Waals surface area contributed by atoms with E-state index in [1.54, 1.807) is 18.2 Å². The van der Waals surface area contributed by atoms with Gasteiger partial charge < -0.3 is 9.73 Å². The predicted octanol–water partition coefficient (Wildman–Crippen LogP) is 3.19. The summed E-state index contributed by atoms with van der Waals surface area (Å²) in [5.41, 5.74) is 2.04. The number of imide groups is 1. The van der Waals surface area contributed by atoms with E-state index in [1.807, 2.05) is 24.3 Å². The molecule has 1 aliphatic rings. The fourth-order valence-electron chi connectivity index (χ4n) is 2.44. The first-order chi connectivity index (χ1) is 12.6. The highest BCUT2D eigenvalue weighted by Gasteiger charge is 2.36. The Morgan fingerprint density at radius 3 is 2.65 bits per heavy atom. The van der Waals surface area contributed by atoms with Crippen LogP contribution < -0.4 is 5.32 Å². The summed E-state index contributed by atoms with van der Waals surface area (Å²) in [5, 5.41) is 2.18. The number of hydrogen-bond donors (Lipinski definition) is 1. The maximum Gasteiger partial charge on any atom is 0.294 e. The first kappa shape index (κ1) is 18.0. The highest BCUT2D eigenvalue weighted by atomic mass is 32.2. The Kier molecular flexibility index (Phi) is 5.58. The predicted molar refractivity (Wildman–Crippen MR) is 99.1 cm³/mol. The topological polar surface area (TPSA) is 79.6 Å². The molecule has 1 aromatic carbocycles. The summed E-state index contributed by atoms with van der Waals surface area (Å²) in [7, 11) is 0. The number of benzene rings is 1. The van der Waals surface area contributed by atoms with E-state index in [-0.39, 0.29) is 13.1 Å². The largest absolute Gasteiger partial charge is 0.467 e. The van der Waals surface area contributed by atoms with Crippen molar-refractivity contribution in [2.75, 3.05) is 6.54 Å². The highest BCUT2D eigenvalue weighted by Crippen LogP contribution is 2.32. The number of aryl methyl sites for hydroxylation is 1. The van der Waals surface area contributed by atoms with Gasteiger partial charge >= 0.3 is 0 Å². The molecule has 0 saturated carbocycles. The molecule has 3 rings (SSSR count). The quantitative estimate of drug-likeness (QED) is 0.790. The number of thioether (sulfide) groups is 1. The molecule has 0 spiro atoms. The SMILES string of the molecule is CCc1ccc(/C=C2\SC(=O)N(CC(=O)NCc3ccco3)C2=O)cc1. The number of furan rings is 1. The van der Waals surface area contributed by atoms with Crippen molar-refractivity contribution in [3.8, 4) is 0 Å². The average molecular weight is 370 g/mol. The number of amides is 3. The molecule has 0 bridgehead atoms. The summed E-state index contributed by atoms with van der Waals surface area (Å²) < 4.78 is 5.12. The van der Waals surface area contributed by atoms with Crippen LogP contribution in [0.4, 0.5) is 4.79 Å². The molecule has 0 unspecified atom stereocenters. The number of nitrogens with one attached hydrogen (secondary N) is 1. The molecule has 1 saturated heterocycles. The molecule has 0 atom stereocenters. The summed E-state index contributed by atoms with van der Waals surface area (Å²) >= 11 is 0.844. The molecule has 0 radical (unpaired) electrons. The van der Waals surface area contributed by atoms with Gasteiger partial charge in [0.2, 0.25) is 5.91 Å². The maximum atomic E-state index is 12.4. The van der Waals surface area contributed by atoms with Crippen LogP contribution in [0.2, 0.25) is 0 Å². The van der Waals surface area contributed by atoms with Crippen LogP contribution in [0.5, 0.6) is 0 Å². The Balaban J connectivity index is 1.62. The molecule has 6 nitrogen and oxygen atoms in total. The number of carbonyl (C=O) groups excluding carboxylic acids is 3. The van der Waals surface area contributed by atoms with E-state index in [2.05, 4.69) is 12.2 Å². The molecule has 7 heteroatoms. The Morgan fingerprint density at radius 1 is 1.23 bits per heavy atom. The van der Waals surface area contributed by atoms with E-state index in [1.165, 1.54) is 11.8 Å². The Morgan fingerprint density at radius 2 is 2.00 bits per heavy atom. The zero-order valence-corrected chi connectivity index (χ0v) is 15.0. The highest BCUT2D eigenvalue weighted by molar-refractivity contribution is 8.18. The fourth-order valence-corrected chi connectivity index (χ4v) is 3.27. The van der Waals surface area contributed by atoms with Gasteiger partial charge in [0.15, 0.2) is 0 Å². The molecule has 1 aliphatic heterocycles. The minimum Gasteiger partial charge on any atom is -0.467 e. The lowest BCUT2D eigenvalue weighted by Crippen LogP contribution is -2.39. The summed E-state index contributed by atoms with van der Waals surface area (Å²) in [5.74, 6) is -0.270. The molecule has 1 N–H and O–H groups in total. The van der Waals surface area contributed by atoms with Crippen molar-refractivity contribution < 1.29 is 18.8 Å². The van der Waals surface area contributed by atoms with Crippen molar-refractivity contribution >= 4 is 34.9 Å². The lowest BCUT2D eigenvalue weighted by atomic mass is 10.1. The van der Waals surface area contributed by atoms with Gasteiger partial charge in [-0.25, -0.2) is 0 Å². The first-order valence-corrected chi connectivity index (χ1v) is 9.02. The van der Waals surface area contributed by atoms with E-state index in [9.17, 15) is 14.4 Å². The zero-order valence-electron chi connectivity index (χ0n) is 14.2. The van der Waals surface area contributed by atoms with Gasteiger partial charge in [-0.3, -0.25) is 19.3 Å². The van der Waals surface area contributed by atoms with E-state index in [0.717, 1.165) is 28.6 Å². The Labute approximate surface area is 155 Å². The second kappa shape index (κ2) is 8.05. The summed E-state index contributed by atoms with van der Waals surface area (Å²) in [6.45, 7) is 1.97. The summed E-state index contributed by atoms with van der Waals surface area (Å²) in [6.07, 6.45) is 4.12. The van der Waals surface area contributed by atoms with Gasteiger partial charge in [-0.05, 0) is 47.5 Å². The van der Waals surface area contributed by atoms with Crippen molar-refractivity contribution in [3.63, 3.8) is 0 Å². The van der Waals surface area contributed by atoms with E-state index in [0.29, 0.717) is 10.7 Å². The van der Waals surface area contributed by atoms with Crippen LogP contribution in [-0.2, 0) is 22.6 Å². The van der Waals surface area contributed by atoms with Crippen LogP contribution in [0.3, 0.4) is 0 Å². The first-order valence-electron chi connectivity index (χ1n) is 8.20. The van der Waals surface area contributed by atoms with Crippen molar-refractivity contribution in [2.45, 2.75) is 19.9 Å². The zero-order chi connectivity index (χ0) is 18.5. The minimum absolute atomic E-state index is 0.210. The monoisotopic (exact) mass is 370 g/mol. The molecule has 1 fully saturated rings. The summed E-state index contributed by atoms with van der Waals surface area (Å²) in [6, 6.07) is 11.2. The molecule has 3 amide bonds. The van der Waals surface area contributed by atoms with Gasteiger partial charge in [-0.2, -0.15) is 0 Å². The van der Waals surface area contributed by atoms with Crippen LogP contribution >= 0.6 is 11.8 Å². The van der Waals surface area contributed by atoms with Gasteiger partial charge in [0.05, 0.1) is 17.7 Å². The second-order valence-corrected chi connectivity index (χ2v) is 6.71. The molecular weight excluding hydrogens is 352 g/mol. The molecule has 26 heavy (non-hydrogen) atoms. The van der Waals surface area contributed by atoms with Gasteiger partial charge in [0.25, 0.3) is 11.1 Å². The minimum atomic E-state index is -0.451. The molecular formula is C19H18N2O4S. The van der Waals surface area contributed by atoms with E-state index in [4.69, 9.17) is 4.42 Å².